The van der Waals surface area contributed by atoms with Crippen LogP contribution in [0.5, 0.6) is 0 Å². The number of rotatable bonds is 4. The molecule has 1 saturated heterocycles. The Bertz CT molecular complexity index is 337. The minimum absolute atomic E-state index is 0.0787. The Morgan fingerprint density at radius 3 is 2.82 bits per heavy atom. The van der Waals surface area contributed by atoms with E-state index in [9.17, 15) is 0 Å². The number of nitrogens with two attached hydrogens (primary N) is 1. The maximum absolute atomic E-state index is 5.92. The largest absolute Gasteiger partial charge is 0.333 e. The maximum Gasteiger partial charge on any atom is 0.0948 e. The summed E-state index contributed by atoms with van der Waals surface area (Å²) in [6.45, 7) is 5.57. The number of imidazole rings is 1. The number of piperidine rings is 1. The van der Waals surface area contributed by atoms with Gasteiger partial charge in [-0.3, -0.25) is 0 Å². The smallest absolute Gasteiger partial charge is 0.0948 e. The fourth-order valence-electron chi connectivity index (χ4n) is 2.57. The number of aryl methyl sites for hydroxylation is 1. The van der Waals surface area contributed by atoms with Crippen molar-refractivity contribution in [2.75, 3.05) is 20.1 Å². The van der Waals surface area contributed by atoms with E-state index >= 15 is 0 Å². The minimum Gasteiger partial charge on any atom is -0.333 e. The first-order valence-electron chi connectivity index (χ1n) is 6.61. The Kier molecular flexibility index (Phi) is 4.18. The standard InChI is InChI=1S/C13H24N4/c1-11(14)13-9-15-10-17(13)8-5-12-3-6-16(2)7-4-12/h9-12H,3-8,14H2,1-2H3/t11-/m1/s1. The Morgan fingerprint density at radius 2 is 2.18 bits per heavy atom. The van der Waals surface area contributed by atoms with E-state index in [4.69, 9.17) is 5.73 Å². The van der Waals surface area contributed by atoms with Gasteiger partial charge in [0.2, 0.25) is 0 Å². The zero-order valence-electron chi connectivity index (χ0n) is 11.0. The molecule has 0 bridgehead atoms. The molecule has 0 unspecified atom stereocenters. The van der Waals surface area contributed by atoms with Crippen molar-refractivity contribution >= 4 is 0 Å². The first-order valence-corrected chi connectivity index (χ1v) is 6.61. The van der Waals surface area contributed by atoms with Crippen LogP contribution in [0.1, 0.15) is 37.9 Å². The summed E-state index contributed by atoms with van der Waals surface area (Å²) in [4.78, 5) is 6.61. The predicted octanol–water partition coefficient (Wildman–Crippen LogP) is 1.63. The molecule has 0 amide bonds. The zero-order chi connectivity index (χ0) is 12.3. The van der Waals surface area contributed by atoms with Crippen molar-refractivity contribution in [3.63, 3.8) is 0 Å². The van der Waals surface area contributed by atoms with Crippen LogP contribution in [0.4, 0.5) is 0 Å². The fraction of sp³-hybridized carbons (Fsp3) is 0.769. The molecule has 0 aromatic carbocycles. The van der Waals surface area contributed by atoms with Crippen LogP contribution in [0.15, 0.2) is 12.5 Å². The lowest BCUT2D eigenvalue weighted by Gasteiger charge is -2.29. The molecule has 2 heterocycles. The lowest BCUT2D eigenvalue weighted by molar-refractivity contribution is 0.207. The van der Waals surface area contributed by atoms with Crippen molar-refractivity contribution < 1.29 is 0 Å². The molecule has 17 heavy (non-hydrogen) atoms. The number of likely N-dealkylation sites (tertiary alicyclic amines) is 1. The molecule has 1 atom stereocenters. The van der Waals surface area contributed by atoms with Gasteiger partial charge in [-0.2, -0.15) is 0 Å². The summed E-state index contributed by atoms with van der Waals surface area (Å²) < 4.78 is 2.21. The molecule has 1 fully saturated rings. The van der Waals surface area contributed by atoms with E-state index in [0.29, 0.717) is 0 Å². The summed E-state index contributed by atoms with van der Waals surface area (Å²) in [5.41, 5.74) is 7.07. The van der Waals surface area contributed by atoms with Crippen molar-refractivity contribution in [1.29, 1.82) is 0 Å². The molecule has 1 aromatic rings. The van der Waals surface area contributed by atoms with Gasteiger partial charge in [-0.25, -0.2) is 4.98 Å². The molecule has 0 spiro atoms. The van der Waals surface area contributed by atoms with Gasteiger partial charge in [-0.15, -0.1) is 0 Å². The topological polar surface area (TPSA) is 47.1 Å². The van der Waals surface area contributed by atoms with Crippen LogP contribution >= 0.6 is 0 Å². The van der Waals surface area contributed by atoms with Crippen LogP contribution in [0, 0.1) is 5.92 Å². The van der Waals surface area contributed by atoms with E-state index in [1.165, 1.54) is 32.4 Å². The summed E-state index contributed by atoms with van der Waals surface area (Å²) in [6, 6.07) is 0.0787. The molecule has 0 saturated carbocycles. The average molecular weight is 236 g/mol. The van der Waals surface area contributed by atoms with Crippen LogP contribution < -0.4 is 5.73 Å². The Balaban J connectivity index is 1.83. The van der Waals surface area contributed by atoms with Gasteiger partial charge in [0, 0.05) is 18.8 Å². The second-order valence-corrected chi connectivity index (χ2v) is 5.34. The summed E-state index contributed by atoms with van der Waals surface area (Å²) in [5, 5.41) is 0. The highest BCUT2D eigenvalue weighted by atomic mass is 15.1. The van der Waals surface area contributed by atoms with Crippen LogP contribution in [-0.4, -0.2) is 34.6 Å². The normalized spacial score (nSPS) is 20.6. The first-order chi connectivity index (χ1) is 8.16. The van der Waals surface area contributed by atoms with Gasteiger partial charge in [0.15, 0.2) is 0 Å². The molecule has 4 heteroatoms. The van der Waals surface area contributed by atoms with Gasteiger partial charge in [-0.05, 0) is 52.2 Å². The van der Waals surface area contributed by atoms with E-state index in [1.807, 2.05) is 19.4 Å². The van der Waals surface area contributed by atoms with E-state index in [0.717, 1.165) is 18.2 Å². The number of aromatic nitrogens is 2. The van der Waals surface area contributed by atoms with Crippen molar-refractivity contribution in [2.24, 2.45) is 11.7 Å². The third-order valence-corrected chi connectivity index (χ3v) is 3.83. The molecule has 2 rings (SSSR count). The van der Waals surface area contributed by atoms with E-state index in [2.05, 4.69) is 21.5 Å². The Morgan fingerprint density at radius 1 is 1.47 bits per heavy atom. The number of hydrogen-bond donors (Lipinski definition) is 1. The summed E-state index contributed by atoms with van der Waals surface area (Å²) in [7, 11) is 2.21. The van der Waals surface area contributed by atoms with E-state index < -0.39 is 0 Å². The summed E-state index contributed by atoms with van der Waals surface area (Å²) in [5.74, 6) is 0.870. The lowest BCUT2D eigenvalue weighted by atomic mass is 9.94. The van der Waals surface area contributed by atoms with Crippen molar-refractivity contribution in [3.8, 4) is 0 Å². The summed E-state index contributed by atoms with van der Waals surface area (Å²) >= 11 is 0. The predicted molar refractivity (Wildman–Crippen MR) is 69.7 cm³/mol. The molecule has 2 N–H and O–H groups in total. The molecule has 96 valence electrons. The molecule has 0 aliphatic carbocycles. The molecular formula is C13H24N4. The van der Waals surface area contributed by atoms with Gasteiger partial charge < -0.3 is 15.2 Å². The van der Waals surface area contributed by atoms with Gasteiger partial charge in [-0.1, -0.05) is 0 Å². The van der Waals surface area contributed by atoms with Gasteiger partial charge in [0.25, 0.3) is 0 Å². The molecule has 1 aromatic heterocycles. The van der Waals surface area contributed by atoms with Crippen LogP contribution in [0.3, 0.4) is 0 Å². The minimum atomic E-state index is 0.0787. The van der Waals surface area contributed by atoms with Gasteiger partial charge >= 0.3 is 0 Å². The monoisotopic (exact) mass is 236 g/mol. The van der Waals surface area contributed by atoms with Crippen LogP contribution in [0.25, 0.3) is 0 Å². The number of nitrogens with zero attached hydrogens (tertiary/aromatic N) is 3. The SMILES string of the molecule is C[C@@H](N)c1cncn1CCC1CCN(C)CC1. The van der Waals surface area contributed by atoms with Crippen molar-refractivity contribution in [1.82, 2.24) is 14.5 Å². The molecule has 1 aliphatic heterocycles. The molecule has 4 nitrogen and oxygen atoms in total. The maximum atomic E-state index is 5.92. The van der Waals surface area contributed by atoms with Gasteiger partial charge in [0.05, 0.1) is 12.0 Å². The highest BCUT2D eigenvalue weighted by Crippen LogP contribution is 2.21. The second kappa shape index (κ2) is 5.65. The zero-order valence-corrected chi connectivity index (χ0v) is 11.0. The molecule has 1 aliphatic rings. The quantitative estimate of drug-likeness (QED) is 0.864. The molecular weight excluding hydrogens is 212 g/mol. The fourth-order valence-corrected chi connectivity index (χ4v) is 2.57. The average Bonchev–Trinajstić information content (AvgIpc) is 2.76. The van der Waals surface area contributed by atoms with Crippen LogP contribution in [0.2, 0.25) is 0 Å². The Hall–Kier alpha value is -0.870. The number of hydrogen-bond acceptors (Lipinski definition) is 3. The highest BCUT2D eigenvalue weighted by molar-refractivity contribution is 5.02. The highest BCUT2D eigenvalue weighted by Gasteiger charge is 2.17. The molecule has 0 radical (unpaired) electrons. The first kappa shape index (κ1) is 12.6. The lowest BCUT2D eigenvalue weighted by Crippen LogP contribution is -2.30. The van der Waals surface area contributed by atoms with Gasteiger partial charge in [0.1, 0.15) is 0 Å². The summed E-state index contributed by atoms with van der Waals surface area (Å²) in [6.07, 6.45) is 7.72. The third kappa shape index (κ3) is 3.30. The van der Waals surface area contributed by atoms with E-state index in [-0.39, 0.29) is 6.04 Å². The van der Waals surface area contributed by atoms with E-state index in [1.54, 1.807) is 0 Å². The van der Waals surface area contributed by atoms with Crippen LogP contribution in [-0.2, 0) is 6.54 Å². The third-order valence-electron chi connectivity index (χ3n) is 3.83. The Labute approximate surface area is 104 Å². The second-order valence-electron chi connectivity index (χ2n) is 5.34. The van der Waals surface area contributed by atoms with Crippen molar-refractivity contribution in [3.05, 3.63) is 18.2 Å². The van der Waals surface area contributed by atoms with Crippen molar-refractivity contribution in [2.45, 2.75) is 38.8 Å².